The van der Waals surface area contributed by atoms with Gasteiger partial charge in [0.15, 0.2) is 0 Å². The first-order valence-corrected chi connectivity index (χ1v) is 10.5. The van der Waals surface area contributed by atoms with Crippen LogP contribution in [0.1, 0.15) is 16.8 Å². The molecule has 1 unspecified atom stereocenters. The fourth-order valence-electron chi connectivity index (χ4n) is 3.80. The molecule has 2 aromatic carbocycles. The van der Waals surface area contributed by atoms with Gasteiger partial charge >= 0.3 is 0 Å². The number of aromatic nitrogens is 1. The Hall–Kier alpha value is -3.39. The number of rotatable bonds is 4. The third kappa shape index (κ3) is 5.51. The van der Waals surface area contributed by atoms with Crippen molar-refractivity contribution in [3.05, 3.63) is 83.3 Å². The maximum Gasteiger partial charge on any atom is 0.266 e. The number of nitrogens with one attached hydrogen (secondary N) is 1. The van der Waals surface area contributed by atoms with Crippen LogP contribution in [0.2, 0.25) is 5.02 Å². The van der Waals surface area contributed by atoms with E-state index in [0.717, 1.165) is 4.90 Å². The number of anilines is 1. The van der Waals surface area contributed by atoms with Crippen molar-refractivity contribution < 1.29 is 22.8 Å². The standard InChI is InChI=1S/C24H19ClF3N3O2/c25-18-6-2-7-19(11-18)29-22(32)17-12-24(27,28)14-31(13-17)23(33)16-5-1-4-15(10-16)20-8-3-9-21(26)30-20/h1-11,17H,12-14H2,(H,29,32). The zero-order valence-corrected chi connectivity index (χ0v) is 18.0. The molecule has 1 aliphatic rings. The monoisotopic (exact) mass is 473 g/mol. The van der Waals surface area contributed by atoms with Crippen molar-refractivity contribution in [2.24, 2.45) is 5.92 Å². The van der Waals surface area contributed by atoms with Crippen molar-refractivity contribution in [3.63, 3.8) is 0 Å². The lowest BCUT2D eigenvalue weighted by Gasteiger charge is -2.37. The molecule has 1 aliphatic heterocycles. The molecule has 4 rings (SSSR count). The van der Waals surface area contributed by atoms with Gasteiger partial charge < -0.3 is 10.2 Å². The summed E-state index contributed by atoms with van der Waals surface area (Å²) in [7, 11) is 0. The summed E-state index contributed by atoms with van der Waals surface area (Å²) in [5.74, 6) is -6.27. The molecule has 2 amide bonds. The predicted molar refractivity (Wildman–Crippen MR) is 119 cm³/mol. The summed E-state index contributed by atoms with van der Waals surface area (Å²) in [6, 6.07) is 16.8. The van der Waals surface area contributed by atoms with Gasteiger partial charge in [-0.1, -0.05) is 35.9 Å². The molecule has 2 heterocycles. The molecule has 5 nitrogen and oxygen atoms in total. The van der Waals surface area contributed by atoms with E-state index in [1.807, 2.05) is 0 Å². The highest BCUT2D eigenvalue weighted by Crippen LogP contribution is 2.32. The summed E-state index contributed by atoms with van der Waals surface area (Å²) in [6.07, 6.45) is -0.670. The molecule has 1 N–H and O–H groups in total. The Labute approximate surface area is 193 Å². The number of nitrogens with zero attached hydrogens (tertiary/aromatic N) is 2. The molecule has 0 bridgehead atoms. The summed E-state index contributed by atoms with van der Waals surface area (Å²) in [4.78, 5) is 30.5. The number of pyridine rings is 1. The summed E-state index contributed by atoms with van der Waals surface area (Å²) in [5.41, 5.74) is 1.31. The molecule has 1 aromatic heterocycles. The number of benzene rings is 2. The highest BCUT2D eigenvalue weighted by Gasteiger charge is 2.44. The molecule has 0 radical (unpaired) electrons. The van der Waals surface area contributed by atoms with Crippen LogP contribution in [0.25, 0.3) is 11.3 Å². The van der Waals surface area contributed by atoms with Crippen molar-refractivity contribution in [1.29, 1.82) is 0 Å². The Morgan fingerprint density at radius 2 is 1.82 bits per heavy atom. The lowest BCUT2D eigenvalue weighted by Crippen LogP contribution is -2.52. The Kier molecular flexibility index (Phi) is 6.37. The molecule has 1 atom stereocenters. The van der Waals surface area contributed by atoms with Gasteiger partial charge in [-0.05, 0) is 42.5 Å². The molecule has 1 saturated heterocycles. The summed E-state index contributed by atoms with van der Waals surface area (Å²) in [5, 5.41) is 2.98. The number of hydrogen-bond donors (Lipinski definition) is 1. The minimum absolute atomic E-state index is 0.144. The van der Waals surface area contributed by atoms with Crippen LogP contribution in [0.5, 0.6) is 0 Å². The quantitative estimate of drug-likeness (QED) is 0.525. The van der Waals surface area contributed by atoms with E-state index in [0.29, 0.717) is 22.0 Å². The maximum atomic E-state index is 14.5. The first-order valence-electron chi connectivity index (χ1n) is 10.2. The van der Waals surface area contributed by atoms with Crippen LogP contribution >= 0.6 is 11.6 Å². The Morgan fingerprint density at radius 3 is 2.58 bits per heavy atom. The molecule has 170 valence electrons. The molecule has 33 heavy (non-hydrogen) atoms. The van der Waals surface area contributed by atoms with E-state index in [9.17, 15) is 22.8 Å². The molecule has 3 aromatic rings. The zero-order valence-electron chi connectivity index (χ0n) is 17.3. The first-order chi connectivity index (χ1) is 15.7. The van der Waals surface area contributed by atoms with E-state index in [1.54, 1.807) is 36.4 Å². The number of piperidine rings is 1. The number of likely N-dealkylation sites (tertiary alicyclic amines) is 1. The van der Waals surface area contributed by atoms with Crippen molar-refractivity contribution in [3.8, 4) is 11.3 Å². The third-order valence-electron chi connectivity index (χ3n) is 5.28. The van der Waals surface area contributed by atoms with Crippen molar-refractivity contribution in [2.75, 3.05) is 18.4 Å². The molecule has 0 aliphatic carbocycles. The zero-order chi connectivity index (χ0) is 23.6. The van der Waals surface area contributed by atoms with Gasteiger partial charge in [-0.2, -0.15) is 4.39 Å². The summed E-state index contributed by atoms with van der Waals surface area (Å²) >= 11 is 5.91. The number of alkyl halides is 2. The van der Waals surface area contributed by atoms with Crippen LogP contribution in [0.4, 0.5) is 18.9 Å². The number of carbonyl (C=O) groups is 2. The largest absolute Gasteiger partial charge is 0.332 e. The van der Waals surface area contributed by atoms with Crippen molar-refractivity contribution in [2.45, 2.75) is 12.3 Å². The number of amides is 2. The van der Waals surface area contributed by atoms with Crippen LogP contribution in [0, 0.1) is 11.9 Å². The molecule has 0 spiro atoms. The fraction of sp³-hybridized carbons (Fsp3) is 0.208. The smallest absolute Gasteiger partial charge is 0.266 e. The lowest BCUT2D eigenvalue weighted by atomic mass is 9.93. The van der Waals surface area contributed by atoms with Gasteiger partial charge in [0.1, 0.15) is 0 Å². The molecule has 1 fully saturated rings. The van der Waals surface area contributed by atoms with Crippen LogP contribution in [0.15, 0.2) is 66.7 Å². The van der Waals surface area contributed by atoms with E-state index >= 15 is 0 Å². The van der Waals surface area contributed by atoms with Gasteiger partial charge in [-0.15, -0.1) is 0 Å². The fourth-order valence-corrected chi connectivity index (χ4v) is 3.99. The second-order valence-electron chi connectivity index (χ2n) is 7.87. The van der Waals surface area contributed by atoms with E-state index in [2.05, 4.69) is 10.3 Å². The van der Waals surface area contributed by atoms with Gasteiger partial charge in [0.05, 0.1) is 18.2 Å². The molecule has 0 saturated carbocycles. The normalized spacial score (nSPS) is 17.5. The number of carbonyl (C=O) groups excluding carboxylic acids is 2. The Bertz CT molecular complexity index is 1200. The van der Waals surface area contributed by atoms with Gasteiger partial charge in [0, 0.05) is 34.8 Å². The Balaban J connectivity index is 1.54. The van der Waals surface area contributed by atoms with Crippen LogP contribution in [0.3, 0.4) is 0 Å². The molecular weight excluding hydrogens is 455 g/mol. The highest BCUT2D eigenvalue weighted by molar-refractivity contribution is 6.30. The van der Waals surface area contributed by atoms with E-state index < -0.39 is 42.6 Å². The second-order valence-corrected chi connectivity index (χ2v) is 8.31. The average Bonchev–Trinajstić information content (AvgIpc) is 2.77. The highest BCUT2D eigenvalue weighted by atomic mass is 35.5. The first kappa shape index (κ1) is 22.8. The van der Waals surface area contributed by atoms with Crippen molar-refractivity contribution in [1.82, 2.24) is 9.88 Å². The van der Waals surface area contributed by atoms with E-state index in [4.69, 9.17) is 11.6 Å². The van der Waals surface area contributed by atoms with Crippen molar-refractivity contribution >= 4 is 29.1 Å². The van der Waals surface area contributed by atoms with Gasteiger partial charge in [0.2, 0.25) is 11.9 Å². The summed E-state index contributed by atoms with van der Waals surface area (Å²) in [6.45, 7) is -0.960. The SMILES string of the molecule is O=C(Nc1cccc(Cl)c1)C1CN(C(=O)c2cccc(-c3cccc(F)n3)c2)CC(F)(F)C1. The van der Waals surface area contributed by atoms with Crippen LogP contribution < -0.4 is 5.32 Å². The minimum atomic E-state index is -3.23. The van der Waals surface area contributed by atoms with Gasteiger partial charge in [-0.3, -0.25) is 9.59 Å². The Morgan fingerprint density at radius 1 is 1.06 bits per heavy atom. The average molecular weight is 474 g/mol. The lowest BCUT2D eigenvalue weighted by molar-refractivity contribution is -0.130. The molecular formula is C24H19ClF3N3O2. The number of hydrogen-bond acceptors (Lipinski definition) is 3. The predicted octanol–water partition coefficient (Wildman–Crippen LogP) is 5.28. The molecule has 9 heteroatoms. The van der Waals surface area contributed by atoms with E-state index in [1.165, 1.54) is 30.3 Å². The van der Waals surface area contributed by atoms with Gasteiger partial charge in [-0.25, -0.2) is 13.8 Å². The summed E-state index contributed by atoms with van der Waals surface area (Å²) < 4.78 is 42.4. The van der Waals surface area contributed by atoms with Gasteiger partial charge in [0.25, 0.3) is 11.8 Å². The second kappa shape index (κ2) is 9.23. The topological polar surface area (TPSA) is 62.3 Å². The number of halogens is 4. The third-order valence-corrected chi connectivity index (χ3v) is 5.51. The minimum Gasteiger partial charge on any atom is -0.332 e. The van der Waals surface area contributed by atoms with Crippen LogP contribution in [-0.4, -0.2) is 40.7 Å². The van der Waals surface area contributed by atoms with E-state index in [-0.39, 0.29) is 12.1 Å². The maximum absolute atomic E-state index is 14.5. The van der Waals surface area contributed by atoms with Crippen LogP contribution in [-0.2, 0) is 4.79 Å².